The van der Waals surface area contributed by atoms with E-state index in [0.29, 0.717) is 78.4 Å². The van der Waals surface area contributed by atoms with Crippen LogP contribution in [0.5, 0.6) is 11.5 Å². The number of carbonyl (C=O) groups excluding carboxylic acids is 2. The molecule has 0 saturated heterocycles. The number of carboxylic acids is 1. The van der Waals surface area contributed by atoms with Gasteiger partial charge >= 0.3 is 94.6 Å². The number of carboxylic acid groups (broad SMARTS) is 1. The zero-order valence-corrected chi connectivity index (χ0v) is 41.2. The Morgan fingerprint density at radius 3 is 1.40 bits per heavy atom. The van der Waals surface area contributed by atoms with Crippen LogP contribution >= 0.6 is 0 Å². The Morgan fingerprint density at radius 1 is 0.691 bits per heavy atom. The standard InChI is InChI=1S/C19H27NO6S.C17H23NO6S.3Na/c1-5-26-18(21)7-6-10-20-17-11-15(25-4)8-9-16(17)14(12-19(20,2)3)13-27(22,23)24;1-17(2)10-12(11-25(21,22)23)14-7-6-13(24-3)9-15(14)18(17)8-4-5-16(19)20;;;/h8-9,11-12H,5-7,10,13H2,1-4H3,(H,22,23,24);6-7,9-10H,4-5,8,11H2,1-3H3,(H,19,20)(H,21,22,23);;;/q;;3*+1/p-3. The van der Waals surface area contributed by atoms with Crippen LogP contribution in [0.1, 0.15) is 71.4 Å². The molecular weight excluding hydrogens is 786 g/mol. The van der Waals surface area contributed by atoms with E-state index in [1.165, 1.54) is 7.11 Å². The molecule has 4 rings (SSSR count). The van der Waals surface area contributed by atoms with Gasteiger partial charge in [0.1, 0.15) is 11.5 Å². The van der Waals surface area contributed by atoms with Crippen LogP contribution in [0.25, 0.3) is 11.1 Å². The third kappa shape index (κ3) is 16.2. The Bertz CT molecular complexity index is 1920. The van der Waals surface area contributed by atoms with Crippen molar-refractivity contribution in [1.29, 1.82) is 0 Å². The van der Waals surface area contributed by atoms with E-state index in [2.05, 4.69) is 4.90 Å². The van der Waals surface area contributed by atoms with Crippen LogP contribution in [0.3, 0.4) is 0 Å². The number of hydrogen-bond acceptors (Lipinski definition) is 14. The van der Waals surface area contributed by atoms with Gasteiger partial charge in [0, 0.05) is 60.1 Å². The summed E-state index contributed by atoms with van der Waals surface area (Å²) in [6.07, 6.45) is 4.74. The van der Waals surface area contributed by atoms with E-state index >= 15 is 0 Å². The van der Waals surface area contributed by atoms with E-state index in [4.69, 9.17) is 14.2 Å². The molecule has 2 aromatic rings. The van der Waals surface area contributed by atoms with E-state index in [1.54, 1.807) is 50.4 Å². The Kier molecular flexibility index (Phi) is 22.4. The van der Waals surface area contributed by atoms with Crippen molar-refractivity contribution in [3.63, 3.8) is 0 Å². The summed E-state index contributed by atoms with van der Waals surface area (Å²) in [6, 6.07) is 10.5. The van der Waals surface area contributed by atoms with Gasteiger partial charge in [0.15, 0.2) is 0 Å². The maximum Gasteiger partial charge on any atom is 1.00 e. The SMILES string of the molecule is CCOC(=O)CCCN1c2cc(OC)ccc2C(CS(=O)(=O)[O-])=CC1(C)C.COc1ccc2c(c1)N(CCCC(=O)[O-])C(C)(C)C=C2CS(=O)(=O)[O-].[Na+].[Na+].[Na+]. The number of nitrogens with zero attached hydrogens (tertiary/aromatic N) is 2. The zero-order chi connectivity index (χ0) is 39.1. The largest absolute Gasteiger partial charge is 1.00 e. The number of fused-ring (bicyclic) bond motifs is 2. The summed E-state index contributed by atoms with van der Waals surface area (Å²) in [6.45, 7) is 10.8. The van der Waals surface area contributed by atoms with Crippen molar-refractivity contribution in [2.45, 2.75) is 71.4 Å². The van der Waals surface area contributed by atoms with Crippen LogP contribution in [-0.2, 0) is 34.6 Å². The van der Waals surface area contributed by atoms with Crippen LogP contribution in [-0.4, -0.2) is 94.4 Å². The first-order valence-corrected chi connectivity index (χ1v) is 19.8. The van der Waals surface area contributed by atoms with E-state index in [9.17, 15) is 40.6 Å². The van der Waals surface area contributed by atoms with Crippen LogP contribution in [0.2, 0.25) is 0 Å². The maximum absolute atomic E-state index is 11.6. The molecule has 0 amide bonds. The summed E-state index contributed by atoms with van der Waals surface area (Å²) < 4.78 is 83.4. The molecule has 0 atom stereocenters. The van der Waals surface area contributed by atoms with Crippen molar-refractivity contribution in [1.82, 2.24) is 0 Å². The third-order valence-corrected chi connectivity index (χ3v) is 9.95. The predicted octanol–water partition coefficient (Wildman–Crippen LogP) is -5.67. The molecule has 0 bridgehead atoms. The second-order valence-electron chi connectivity index (χ2n) is 13.5. The molecule has 2 aromatic carbocycles. The van der Waals surface area contributed by atoms with E-state index in [1.807, 2.05) is 44.7 Å². The first-order valence-electron chi connectivity index (χ1n) is 16.7. The number of benzene rings is 2. The van der Waals surface area contributed by atoms with Gasteiger partial charge in [-0.05, 0) is 89.3 Å². The third-order valence-electron chi connectivity index (χ3n) is 8.62. The van der Waals surface area contributed by atoms with Gasteiger partial charge in [-0.15, -0.1) is 0 Å². The van der Waals surface area contributed by atoms with Crippen LogP contribution in [0, 0.1) is 0 Å². The van der Waals surface area contributed by atoms with Gasteiger partial charge in [0.2, 0.25) is 0 Å². The van der Waals surface area contributed by atoms with Gasteiger partial charge in [-0.2, -0.15) is 0 Å². The minimum Gasteiger partial charge on any atom is -0.748 e. The van der Waals surface area contributed by atoms with Gasteiger partial charge in [-0.3, -0.25) is 4.79 Å². The van der Waals surface area contributed by atoms with Crippen LogP contribution in [0.15, 0.2) is 48.6 Å². The molecule has 0 N–H and O–H groups in total. The van der Waals surface area contributed by atoms with E-state index in [-0.39, 0.29) is 101 Å². The minimum absolute atomic E-state index is 0. The topological polar surface area (TPSA) is 206 Å². The number of anilines is 2. The number of carbonyl (C=O) groups is 2. The molecule has 0 aliphatic carbocycles. The molecule has 0 aromatic heterocycles. The number of methoxy groups -OCH3 is 2. The molecule has 14 nitrogen and oxygen atoms in total. The second-order valence-corrected chi connectivity index (χ2v) is 16.3. The smallest absolute Gasteiger partial charge is 0.748 e. The number of hydrogen-bond donors (Lipinski definition) is 0. The van der Waals surface area contributed by atoms with Crippen molar-refractivity contribution < 1.29 is 144 Å². The molecule has 0 unspecified atom stereocenters. The summed E-state index contributed by atoms with van der Waals surface area (Å²) in [5.41, 5.74) is 2.61. The molecule has 0 fully saturated rings. The Morgan fingerprint density at radius 2 is 1.07 bits per heavy atom. The molecule has 19 heteroatoms. The fourth-order valence-electron chi connectivity index (χ4n) is 6.48. The summed E-state index contributed by atoms with van der Waals surface area (Å²) in [5, 5.41) is 10.7. The fraction of sp³-hybridized carbons (Fsp3) is 0.500. The Labute approximate surface area is 391 Å². The van der Waals surface area contributed by atoms with Gasteiger partial charge in [0.05, 0.1) is 63.6 Å². The quantitative estimate of drug-likeness (QED) is 0.0933. The summed E-state index contributed by atoms with van der Waals surface area (Å²) in [7, 11) is -5.77. The van der Waals surface area contributed by atoms with Gasteiger partial charge in [-0.25, -0.2) is 16.8 Å². The summed E-state index contributed by atoms with van der Waals surface area (Å²) in [4.78, 5) is 26.4. The Balaban J connectivity index is 0.00000101. The molecule has 2 aliphatic rings. The predicted molar refractivity (Wildman–Crippen MR) is 194 cm³/mol. The number of esters is 1. The van der Waals surface area contributed by atoms with Crippen molar-refractivity contribution in [2.24, 2.45) is 0 Å². The molecule has 2 heterocycles. The number of aliphatic carboxylic acids is 1. The first-order chi connectivity index (χ1) is 24.1. The normalized spacial score (nSPS) is 15.1. The monoisotopic (exact) mass is 832 g/mol. The molecule has 0 radical (unpaired) electrons. The van der Waals surface area contributed by atoms with E-state index in [0.717, 1.165) is 5.69 Å². The molecule has 2 aliphatic heterocycles. The zero-order valence-electron chi connectivity index (χ0n) is 33.6. The number of ether oxygens (including phenoxy) is 3. The molecule has 0 spiro atoms. The maximum atomic E-state index is 11.6. The minimum atomic E-state index is -4.43. The van der Waals surface area contributed by atoms with Crippen molar-refractivity contribution >= 4 is 54.7 Å². The summed E-state index contributed by atoms with van der Waals surface area (Å²) >= 11 is 0. The van der Waals surface area contributed by atoms with Crippen molar-refractivity contribution in [3.8, 4) is 11.5 Å². The average molecular weight is 833 g/mol. The molecule has 55 heavy (non-hydrogen) atoms. The molecular formula is C36H47N2Na3O12S2. The fourth-order valence-corrected chi connectivity index (χ4v) is 7.72. The Hall–Kier alpha value is -1.12. The van der Waals surface area contributed by atoms with Crippen molar-refractivity contribution in [2.75, 3.05) is 55.2 Å². The van der Waals surface area contributed by atoms with Crippen molar-refractivity contribution in [3.05, 3.63) is 59.7 Å². The first kappa shape index (κ1) is 53.9. The van der Waals surface area contributed by atoms with Crippen LogP contribution < -0.4 is 113 Å². The van der Waals surface area contributed by atoms with Gasteiger partial charge < -0.3 is 43.0 Å². The van der Waals surface area contributed by atoms with Gasteiger partial charge in [-0.1, -0.05) is 12.2 Å². The average Bonchev–Trinajstić information content (AvgIpc) is 3.01. The van der Waals surface area contributed by atoms with Crippen LogP contribution in [0.4, 0.5) is 11.4 Å². The number of rotatable bonds is 15. The van der Waals surface area contributed by atoms with Gasteiger partial charge in [0.25, 0.3) is 0 Å². The second kappa shape index (κ2) is 22.9. The molecule has 0 saturated carbocycles. The van der Waals surface area contributed by atoms with E-state index < -0.39 is 48.8 Å². The summed E-state index contributed by atoms with van der Waals surface area (Å²) in [5.74, 6) is -1.30. The molecule has 288 valence electrons.